The van der Waals surface area contributed by atoms with Gasteiger partial charge >= 0.3 is 0 Å². The van der Waals surface area contributed by atoms with E-state index in [1.165, 1.54) is 0 Å². The summed E-state index contributed by atoms with van der Waals surface area (Å²) in [6.07, 6.45) is 5.29. The minimum Gasteiger partial charge on any atom is -0.481 e. The Hall–Kier alpha value is -1.92. The summed E-state index contributed by atoms with van der Waals surface area (Å²) in [4.78, 5) is 9.47. The van der Waals surface area contributed by atoms with E-state index in [4.69, 9.17) is 4.74 Å². The fraction of sp³-hybridized carbons (Fsp3) is 0.231. The molecule has 3 aromatic heterocycles. The number of rotatable bonds is 4. The summed E-state index contributed by atoms with van der Waals surface area (Å²) in [7, 11) is 1.55. The van der Waals surface area contributed by atoms with Gasteiger partial charge in [-0.2, -0.15) is 0 Å². The van der Waals surface area contributed by atoms with Crippen molar-refractivity contribution in [1.29, 1.82) is 0 Å². The van der Waals surface area contributed by atoms with E-state index in [2.05, 4.69) is 9.97 Å². The maximum absolute atomic E-state index is 10.3. The van der Waals surface area contributed by atoms with Gasteiger partial charge in [0.05, 0.1) is 18.9 Å². The normalized spacial score (nSPS) is 12.7. The topological polar surface area (TPSA) is 59.7 Å². The van der Waals surface area contributed by atoms with E-state index in [-0.39, 0.29) is 0 Å². The molecule has 0 aromatic carbocycles. The van der Waals surface area contributed by atoms with Gasteiger partial charge in [-0.3, -0.25) is 4.40 Å². The van der Waals surface area contributed by atoms with Crippen molar-refractivity contribution in [3.05, 3.63) is 47.4 Å². The van der Waals surface area contributed by atoms with Crippen LogP contribution in [-0.2, 0) is 6.42 Å². The number of nitrogens with zero attached hydrogens (tertiary/aromatic N) is 3. The second kappa shape index (κ2) is 4.99. The van der Waals surface area contributed by atoms with Crippen molar-refractivity contribution in [2.24, 2.45) is 0 Å². The van der Waals surface area contributed by atoms with Gasteiger partial charge in [0.1, 0.15) is 0 Å². The summed E-state index contributed by atoms with van der Waals surface area (Å²) in [6.45, 7) is 0. The Labute approximate surface area is 114 Å². The van der Waals surface area contributed by atoms with E-state index in [1.54, 1.807) is 30.7 Å². The zero-order valence-corrected chi connectivity index (χ0v) is 11.2. The standard InChI is InChI=1S/C13H13N3O2S/c1-18-12-10(3-2-4-14-12)11(17)7-9-8-16-5-6-19-13(16)15-9/h2-6,8,11,17H,7H2,1H3. The Kier molecular flexibility index (Phi) is 3.18. The lowest BCUT2D eigenvalue weighted by molar-refractivity contribution is 0.172. The molecule has 3 aromatic rings. The highest BCUT2D eigenvalue weighted by molar-refractivity contribution is 7.15. The van der Waals surface area contributed by atoms with Gasteiger partial charge in [0, 0.05) is 36.0 Å². The fourth-order valence-corrected chi connectivity index (χ4v) is 2.73. The van der Waals surface area contributed by atoms with E-state index in [0.717, 1.165) is 10.7 Å². The van der Waals surface area contributed by atoms with Gasteiger partial charge in [0.2, 0.25) is 5.88 Å². The Morgan fingerprint density at radius 1 is 1.53 bits per heavy atom. The molecule has 0 fully saturated rings. The number of aromatic nitrogens is 3. The van der Waals surface area contributed by atoms with Crippen molar-refractivity contribution >= 4 is 16.3 Å². The van der Waals surface area contributed by atoms with Crippen LogP contribution in [0, 0.1) is 0 Å². The summed E-state index contributed by atoms with van der Waals surface area (Å²) >= 11 is 1.57. The van der Waals surface area contributed by atoms with Gasteiger partial charge in [-0.25, -0.2) is 9.97 Å². The maximum Gasteiger partial charge on any atom is 0.218 e. The highest BCUT2D eigenvalue weighted by Gasteiger charge is 2.16. The number of ether oxygens (including phenoxy) is 1. The Morgan fingerprint density at radius 3 is 3.21 bits per heavy atom. The number of fused-ring (bicyclic) bond motifs is 1. The van der Waals surface area contributed by atoms with Crippen LogP contribution < -0.4 is 4.74 Å². The molecule has 5 nitrogen and oxygen atoms in total. The third-order valence-corrected chi connectivity index (χ3v) is 3.67. The quantitative estimate of drug-likeness (QED) is 0.792. The molecule has 1 atom stereocenters. The Bertz CT molecular complexity index is 663. The highest BCUT2D eigenvalue weighted by Crippen LogP contribution is 2.25. The molecule has 3 heterocycles. The molecule has 0 aliphatic carbocycles. The molecule has 0 aliphatic heterocycles. The van der Waals surface area contributed by atoms with Crippen molar-refractivity contribution in [3.63, 3.8) is 0 Å². The first-order valence-corrected chi connectivity index (χ1v) is 6.74. The minimum absolute atomic E-state index is 0.441. The van der Waals surface area contributed by atoms with Crippen molar-refractivity contribution in [3.8, 4) is 5.88 Å². The monoisotopic (exact) mass is 275 g/mol. The molecule has 0 bridgehead atoms. The predicted molar refractivity (Wildman–Crippen MR) is 72.5 cm³/mol. The van der Waals surface area contributed by atoms with Crippen molar-refractivity contribution in [2.75, 3.05) is 7.11 Å². The SMILES string of the molecule is COc1ncccc1C(O)Cc1cn2ccsc2n1. The summed E-state index contributed by atoms with van der Waals surface area (Å²) in [5.41, 5.74) is 1.53. The van der Waals surface area contributed by atoms with E-state index in [9.17, 15) is 5.11 Å². The molecule has 98 valence electrons. The van der Waals surface area contributed by atoms with E-state index in [0.29, 0.717) is 17.9 Å². The number of thiazole rings is 1. The van der Waals surface area contributed by atoms with Crippen LogP contribution in [0.2, 0.25) is 0 Å². The smallest absolute Gasteiger partial charge is 0.218 e. The molecule has 19 heavy (non-hydrogen) atoms. The van der Waals surface area contributed by atoms with E-state index < -0.39 is 6.10 Å². The third-order valence-electron chi connectivity index (χ3n) is 2.90. The fourth-order valence-electron chi connectivity index (χ4n) is 2.01. The molecule has 0 aliphatic rings. The summed E-state index contributed by atoms with van der Waals surface area (Å²) in [5, 5.41) is 12.3. The molecule has 0 radical (unpaired) electrons. The zero-order valence-electron chi connectivity index (χ0n) is 10.4. The summed E-state index contributed by atoms with van der Waals surface area (Å²) < 4.78 is 7.11. The Morgan fingerprint density at radius 2 is 2.42 bits per heavy atom. The first-order chi connectivity index (χ1) is 9.28. The van der Waals surface area contributed by atoms with Gasteiger partial charge in [0.15, 0.2) is 4.96 Å². The Balaban J connectivity index is 1.84. The lowest BCUT2D eigenvalue weighted by Gasteiger charge is -2.12. The van der Waals surface area contributed by atoms with Crippen LogP contribution in [0.4, 0.5) is 0 Å². The average Bonchev–Trinajstić information content (AvgIpc) is 2.99. The number of hydrogen-bond acceptors (Lipinski definition) is 5. The number of methoxy groups -OCH3 is 1. The summed E-state index contributed by atoms with van der Waals surface area (Å²) in [5.74, 6) is 0.455. The lowest BCUT2D eigenvalue weighted by atomic mass is 10.1. The van der Waals surface area contributed by atoms with E-state index >= 15 is 0 Å². The molecule has 0 spiro atoms. The number of pyridine rings is 1. The molecule has 0 amide bonds. The van der Waals surface area contributed by atoms with Crippen LogP contribution in [0.1, 0.15) is 17.4 Å². The number of hydrogen-bond donors (Lipinski definition) is 1. The molecule has 6 heteroatoms. The van der Waals surface area contributed by atoms with Crippen molar-refractivity contribution < 1.29 is 9.84 Å². The average molecular weight is 275 g/mol. The second-order valence-electron chi connectivity index (χ2n) is 4.15. The number of aliphatic hydroxyl groups is 1. The maximum atomic E-state index is 10.3. The van der Waals surface area contributed by atoms with Crippen LogP contribution in [0.25, 0.3) is 4.96 Å². The molecule has 1 N–H and O–H groups in total. The number of aliphatic hydroxyl groups excluding tert-OH is 1. The molecule has 3 rings (SSSR count). The second-order valence-corrected chi connectivity index (χ2v) is 5.02. The number of imidazole rings is 1. The highest BCUT2D eigenvalue weighted by atomic mass is 32.1. The molecular weight excluding hydrogens is 262 g/mol. The van der Waals surface area contributed by atoms with Gasteiger partial charge in [-0.15, -0.1) is 11.3 Å². The zero-order chi connectivity index (χ0) is 13.2. The first-order valence-electron chi connectivity index (χ1n) is 5.86. The van der Waals surface area contributed by atoms with Crippen molar-refractivity contribution in [1.82, 2.24) is 14.4 Å². The molecule has 0 saturated heterocycles. The third kappa shape index (κ3) is 2.32. The molecule has 1 unspecified atom stereocenters. The van der Waals surface area contributed by atoms with Gasteiger partial charge in [-0.1, -0.05) is 0 Å². The largest absolute Gasteiger partial charge is 0.481 e. The lowest BCUT2D eigenvalue weighted by Crippen LogP contribution is -2.05. The van der Waals surface area contributed by atoms with Crippen LogP contribution in [0.5, 0.6) is 5.88 Å². The van der Waals surface area contributed by atoms with E-state index in [1.807, 2.05) is 28.2 Å². The van der Waals surface area contributed by atoms with Gasteiger partial charge in [0.25, 0.3) is 0 Å². The predicted octanol–water partition coefficient (Wildman–Crippen LogP) is 2.08. The van der Waals surface area contributed by atoms with Crippen LogP contribution in [-0.4, -0.2) is 26.6 Å². The first kappa shape index (κ1) is 12.1. The van der Waals surface area contributed by atoms with Crippen molar-refractivity contribution in [2.45, 2.75) is 12.5 Å². The van der Waals surface area contributed by atoms with Crippen LogP contribution in [0.15, 0.2) is 36.1 Å². The molecule has 0 saturated carbocycles. The van der Waals surface area contributed by atoms with Gasteiger partial charge in [-0.05, 0) is 12.1 Å². The van der Waals surface area contributed by atoms with Crippen LogP contribution in [0.3, 0.4) is 0 Å². The molecular formula is C13H13N3O2S. The van der Waals surface area contributed by atoms with Crippen LogP contribution >= 0.6 is 11.3 Å². The van der Waals surface area contributed by atoms with Gasteiger partial charge < -0.3 is 9.84 Å². The minimum atomic E-state index is -0.673. The summed E-state index contributed by atoms with van der Waals surface area (Å²) in [6, 6.07) is 3.60.